The van der Waals surface area contributed by atoms with Crippen LogP contribution in [0.25, 0.3) is 0 Å². The second-order valence-electron chi connectivity index (χ2n) is 5.46. The van der Waals surface area contributed by atoms with Crippen molar-refractivity contribution >= 4 is 23.2 Å². The molecule has 25 heavy (non-hydrogen) atoms. The first kappa shape index (κ1) is 18.3. The van der Waals surface area contributed by atoms with Gasteiger partial charge in [-0.1, -0.05) is 25.1 Å². The highest BCUT2D eigenvalue weighted by atomic mass is 16.5. The van der Waals surface area contributed by atoms with E-state index in [9.17, 15) is 9.59 Å². The number of benzene rings is 2. The molecule has 6 heteroatoms. The SMILES string of the molecule is CCC(=O)Nc1cccc(NCC(=O)NCc2ccc(OC)cc2)c1. The highest BCUT2D eigenvalue weighted by molar-refractivity contribution is 5.91. The Labute approximate surface area is 147 Å². The Morgan fingerprint density at radius 1 is 1.00 bits per heavy atom. The third-order valence-corrected chi connectivity index (χ3v) is 3.57. The van der Waals surface area contributed by atoms with E-state index in [0.717, 1.165) is 17.0 Å². The molecule has 6 nitrogen and oxygen atoms in total. The highest BCUT2D eigenvalue weighted by Crippen LogP contribution is 2.15. The Morgan fingerprint density at radius 2 is 1.72 bits per heavy atom. The summed E-state index contributed by atoms with van der Waals surface area (Å²) in [7, 11) is 1.62. The molecule has 0 saturated heterocycles. The van der Waals surface area contributed by atoms with Gasteiger partial charge in [0.2, 0.25) is 11.8 Å². The number of ether oxygens (including phenoxy) is 1. The third kappa shape index (κ3) is 6.18. The van der Waals surface area contributed by atoms with Crippen LogP contribution in [0.4, 0.5) is 11.4 Å². The number of carbonyl (C=O) groups is 2. The zero-order chi connectivity index (χ0) is 18.1. The van der Waals surface area contributed by atoms with E-state index in [2.05, 4.69) is 16.0 Å². The van der Waals surface area contributed by atoms with E-state index < -0.39 is 0 Å². The molecule has 132 valence electrons. The molecule has 2 aromatic rings. The van der Waals surface area contributed by atoms with Crippen molar-refractivity contribution in [1.29, 1.82) is 0 Å². The molecule has 0 fully saturated rings. The molecule has 0 atom stereocenters. The maximum atomic E-state index is 12.0. The Kier molecular flexibility index (Phi) is 6.83. The van der Waals surface area contributed by atoms with Crippen LogP contribution in [0.5, 0.6) is 5.75 Å². The molecule has 0 unspecified atom stereocenters. The van der Waals surface area contributed by atoms with Crippen molar-refractivity contribution in [1.82, 2.24) is 5.32 Å². The number of anilines is 2. The monoisotopic (exact) mass is 341 g/mol. The van der Waals surface area contributed by atoms with Crippen LogP contribution in [-0.4, -0.2) is 25.5 Å². The fraction of sp³-hybridized carbons (Fsp3) is 0.263. The molecule has 0 radical (unpaired) electrons. The van der Waals surface area contributed by atoms with Gasteiger partial charge in [-0.3, -0.25) is 9.59 Å². The highest BCUT2D eigenvalue weighted by Gasteiger charge is 2.04. The summed E-state index contributed by atoms with van der Waals surface area (Å²) in [6, 6.07) is 14.8. The number of nitrogens with one attached hydrogen (secondary N) is 3. The molecule has 0 heterocycles. The minimum Gasteiger partial charge on any atom is -0.497 e. The third-order valence-electron chi connectivity index (χ3n) is 3.57. The Hall–Kier alpha value is -3.02. The number of carbonyl (C=O) groups excluding carboxylic acids is 2. The van der Waals surface area contributed by atoms with Crippen molar-refractivity contribution in [2.24, 2.45) is 0 Å². The van der Waals surface area contributed by atoms with Crippen molar-refractivity contribution in [3.8, 4) is 5.75 Å². The minimum absolute atomic E-state index is 0.0469. The van der Waals surface area contributed by atoms with E-state index in [1.807, 2.05) is 42.5 Å². The Morgan fingerprint density at radius 3 is 2.40 bits per heavy atom. The zero-order valence-electron chi connectivity index (χ0n) is 14.5. The smallest absolute Gasteiger partial charge is 0.239 e. The molecular weight excluding hydrogens is 318 g/mol. The fourth-order valence-corrected chi connectivity index (χ4v) is 2.15. The molecular formula is C19H23N3O3. The number of hydrogen-bond donors (Lipinski definition) is 3. The number of hydrogen-bond acceptors (Lipinski definition) is 4. The summed E-state index contributed by atoms with van der Waals surface area (Å²) in [5, 5.41) is 8.68. The molecule has 0 aliphatic carbocycles. The Balaban J connectivity index is 1.79. The summed E-state index contributed by atoms with van der Waals surface area (Å²) in [4.78, 5) is 23.4. The molecule has 0 aliphatic rings. The van der Waals surface area contributed by atoms with Crippen molar-refractivity contribution in [2.45, 2.75) is 19.9 Å². The Bertz CT molecular complexity index is 714. The van der Waals surface area contributed by atoms with Crippen LogP contribution in [-0.2, 0) is 16.1 Å². The van der Waals surface area contributed by atoms with E-state index in [1.54, 1.807) is 20.1 Å². The lowest BCUT2D eigenvalue weighted by atomic mass is 10.2. The predicted octanol–water partition coefficient (Wildman–Crippen LogP) is 2.77. The molecule has 0 aromatic heterocycles. The van der Waals surface area contributed by atoms with E-state index in [-0.39, 0.29) is 18.4 Å². The van der Waals surface area contributed by atoms with Gasteiger partial charge in [0.25, 0.3) is 0 Å². The lowest BCUT2D eigenvalue weighted by Gasteiger charge is -2.10. The van der Waals surface area contributed by atoms with Crippen molar-refractivity contribution in [2.75, 3.05) is 24.3 Å². The van der Waals surface area contributed by atoms with E-state index in [4.69, 9.17) is 4.74 Å². The van der Waals surface area contributed by atoms with Gasteiger partial charge in [-0.05, 0) is 35.9 Å². The van der Waals surface area contributed by atoms with Crippen LogP contribution in [0.3, 0.4) is 0 Å². The van der Waals surface area contributed by atoms with Gasteiger partial charge in [0.05, 0.1) is 13.7 Å². The molecule has 0 aliphatic heterocycles. The lowest BCUT2D eigenvalue weighted by molar-refractivity contribution is -0.119. The fourth-order valence-electron chi connectivity index (χ4n) is 2.15. The van der Waals surface area contributed by atoms with Gasteiger partial charge in [0, 0.05) is 24.3 Å². The van der Waals surface area contributed by atoms with Gasteiger partial charge in [-0.15, -0.1) is 0 Å². The lowest BCUT2D eigenvalue weighted by Crippen LogP contribution is -2.29. The van der Waals surface area contributed by atoms with Crippen LogP contribution in [0.15, 0.2) is 48.5 Å². The van der Waals surface area contributed by atoms with Crippen LogP contribution in [0.1, 0.15) is 18.9 Å². The molecule has 3 N–H and O–H groups in total. The van der Waals surface area contributed by atoms with Gasteiger partial charge in [0.1, 0.15) is 5.75 Å². The molecule has 2 aromatic carbocycles. The summed E-state index contributed by atoms with van der Waals surface area (Å²) in [5.41, 5.74) is 2.47. The molecule has 0 spiro atoms. The molecule has 2 rings (SSSR count). The first-order valence-corrected chi connectivity index (χ1v) is 8.14. The largest absolute Gasteiger partial charge is 0.497 e. The van der Waals surface area contributed by atoms with Gasteiger partial charge < -0.3 is 20.7 Å². The second-order valence-corrected chi connectivity index (χ2v) is 5.46. The summed E-state index contributed by atoms with van der Waals surface area (Å²) in [6.07, 6.45) is 0.422. The van der Waals surface area contributed by atoms with E-state index in [0.29, 0.717) is 18.7 Å². The average molecular weight is 341 g/mol. The first-order valence-electron chi connectivity index (χ1n) is 8.14. The van der Waals surface area contributed by atoms with Gasteiger partial charge in [-0.2, -0.15) is 0 Å². The quantitative estimate of drug-likeness (QED) is 0.690. The van der Waals surface area contributed by atoms with Crippen LogP contribution < -0.4 is 20.7 Å². The van der Waals surface area contributed by atoms with E-state index in [1.165, 1.54) is 0 Å². The maximum Gasteiger partial charge on any atom is 0.239 e. The van der Waals surface area contributed by atoms with Crippen molar-refractivity contribution in [3.05, 3.63) is 54.1 Å². The van der Waals surface area contributed by atoms with E-state index >= 15 is 0 Å². The number of amides is 2. The molecule has 0 bridgehead atoms. The normalized spacial score (nSPS) is 10.0. The summed E-state index contributed by atoms with van der Waals surface area (Å²) >= 11 is 0. The topological polar surface area (TPSA) is 79.5 Å². The van der Waals surface area contributed by atoms with Crippen molar-refractivity contribution in [3.63, 3.8) is 0 Å². The minimum atomic E-state index is -0.112. The van der Waals surface area contributed by atoms with Gasteiger partial charge in [-0.25, -0.2) is 0 Å². The van der Waals surface area contributed by atoms with Crippen LogP contribution in [0, 0.1) is 0 Å². The number of methoxy groups -OCH3 is 1. The first-order chi connectivity index (χ1) is 12.1. The standard InChI is InChI=1S/C19H23N3O3/c1-3-18(23)22-16-6-4-5-15(11-16)20-13-19(24)21-12-14-7-9-17(25-2)10-8-14/h4-11,20H,3,12-13H2,1-2H3,(H,21,24)(H,22,23). The second kappa shape index (κ2) is 9.32. The molecule has 0 saturated carbocycles. The molecule has 2 amide bonds. The van der Waals surface area contributed by atoms with Gasteiger partial charge in [0.15, 0.2) is 0 Å². The summed E-state index contributed by atoms with van der Waals surface area (Å²) < 4.78 is 5.10. The summed E-state index contributed by atoms with van der Waals surface area (Å²) in [6.45, 7) is 2.41. The van der Waals surface area contributed by atoms with Crippen LogP contribution in [0.2, 0.25) is 0 Å². The van der Waals surface area contributed by atoms with Crippen molar-refractivity contribution < 1.29 is 14.3 Å². The average Bonchev–Trinajstić information content (AvgIpc) is 2.65. The van der Waals surface area contributed by atoms with Gasteiger partial charge >= 0.3 is 0 Å². The predicted molar refractivity (Wildman–Crippen MR) is 98.7 cm³/mol. The maximum absolute atomic E-state index is 12.0. The number of rotatable bonds is 8. The summed E-state index contributed by atoms with van der Waals surface area (Å²) in [5.74, 6) is 0.625. The zero-order valence-corrected chi connectivity index (χ0v) is 14.5. The van der Waals surface area contributed by atoms with Crippen LogP contribution >= 0.6 is 0 Å².